The third-order valence-corrected chi connectivity index (χ3v) is 3.41. The Morgan fingerprint density at radius 3 is 2.82 bits per heavy atom. The number of hydrogen-bond acceptors (Lipinski definition) is 3. The molecule has 0 aliphatic carbocycles. The van der Waals surface area contributed by atoms with Gasteiger partial charge in [-0.15, -0.1) is 11.3 Å². The molecule has 1 aromatic heterocycles. The van der Waals surface area contributed by atoms with Crippen molar-refractivity contribution in [3.8, 4) is 0 Å². The monoisotopic (exact) mass is 251 g/mol. The van der Waals surface area contributed by atoms with Crippen molar-refractivity contribution in [3.05, 3.63) is 20.8 Å². The molecule has 0 aliphatic heterocycles. The van der Waals surface area contributed by atoms with Gasteiger partial charge in [0, 0.05) is 10.9 Å². The van der Waals surface area contributed by atoms with Gasteiger partial charge in [-0.1, -0.05) is 0 Å². The first-order valence-electron chi connectivity index (χ1n) is 3.35. The van der Waals surface area contributed by atoms with Crippen LogP contribution in [-0.4, -0.2) is 5.75 Å². The molecule has 1 nitrogen and oxygen atoms in total. The highest BCUT2D eigenvalue weighted by Gasteiger charge is 2.06. The van der Waals surface area contributed by atoms with E-state index in [1.54, 1.807) is 11.3 Å². The maximum Gasteiger partial charge on any atom is 0.0701 e. The summed E-state index contributed by atoms with van der Waals surface area (Å²) in [5.74, 6) is 0.844. The van der Waals surface area contributed by atoms with Crippen molar-refractivity contribution >= 4 is 39.9 Å². The summed E-state index contributed by atoms with van der Waals surface area (Å²) in [5, 5.41) is 0. The minimum Gasteiger partial charge on any atom is -0.323 e. The molecule has 0 fully saturated rings. The van der Waals surface area contributed by atoms with Gasteiger partial charge in [-0.25, -0.2) is 0 Å². The Balaban J connectivity index is 2.60. The number of rotatable bonds is 3. The summed E-state index contributed by atoms with van der Waals surface area (Å²) in [6.07, 6.45) is 0.941. The molecule has 1 heterocycles. The summed E-state index contributed by atoms with van der Waals surface area (Å²) in [5.41, 5.74) is 5.86. The van der Waals surface area contributed by atoms with Crippen LogP contribution >= 0.6 is 39.9 Å². The van der Waals surface area contributed by atoms with Gasteiger partial charge in [-0.3, -0.25) is 0 Å². The molecule has 0 aromatic carbocycles. The van der Waals surface area contributed by atoms with E-state index in [4.69, 9.17) is 5.73 Å². The van der Waals surface area contributed by atoms with Crippen molar-refractivity contribution in [2.45, 2.75) is 12.5 Å². The number of halogens is 1. The lowest BCUT2D eigenvalue weighted by Crippen LogP contribution is -2.08. The predicted molar refractivity (Wildman–Crippen MR) is 57.4 cm³/mol. The van der Waals surface area contributed by atoms with Gasteiger partial charge in [0.15, 0.2) is 0 Å². The lowest BCUT2D eigenvalue weighted by atomic mass is 10.2. The van der Waals surface area contributed by atoms with Crippen LogP contribution in [0, 0.1) is 0 Å². The largest absolute Gasteiger partial charge is 0.323 e. The number of nitrogens with two attached hydrogens (primary N) is 1. The molecular formula is C7H10BrNS2. The molecule has 62 valence electrons. The van der Waals surface area contributed by atoms with Gasteiger partial charge >= 0.3 is 0 Å². The summed E-state index contributed by atoms with van der Waals surface area (Å²) < 4.78 is 1.14. The van der Waals surface area contributed by atoms with E-state index in [9.17, 15) is 0 Å². The third kappa shape index (κ3) is 2.78. The van der Waals surface area contributed by atoms with Gasteiger partial charge in [0.1, 0.15) is 0 Å². The number of thiol groups is 1. The van der Waals surface area contributed by atoms with Crippen LogP contribution in [0.2, 0.25) is 0 Å². The summed E-state index contributed by atoms with van der Waals surface area (Å²) in [7, 11) is 0. The number of hydrogen-bond donors (Lipinski definition) is 2. The van der Waals surface area contributed by atoms with E-state index < -0.39 is 0 Å². The fourth-order valence-corrected chi connectivity index (χ4v) is 2.55. The molecule has 2 N–H and O–H groups in total. The molecule has 1 unspecified atom stereocenters. The molecule has 0 bridgehead atoms. The van der Waals surface area contributed by atoms with Crippen LogP contribution in [0.25, 0.3) is 0 Å². The lowest BCUT2D eigenvalue weighted by molar-refractivity contribution is 0.720. The summed E-state index contributed by atoms with van der Waals surface area (Å²) in [4.78, 5) is 1.23. The molecule has 0 aliphatic rings. The molecule has 1 aromatic rings. The van der Waals surface area contributed by atoms with Gasteiger partial charge in [0.2, 0.25) is 0 Å². The second-order valence-corrected chi connectivity index (χ2v) is 5.20. The topological polar surface area (TPSA) is 26.0 Å². The predicted octanol–water partition coefficient (Wildman–Crippen LogP) is 2.83. The summed E-state index contributed by atoms with van der Waals surface area (Å²) >= 11 is 9.22. The Morgan fingerprint density at radius 1 is 1.64 bits per heavy atom. The Kier molecular flexibility index (Phi) is 3.92. The molecule has 0 amide bonds. The second-order valence-electron chi connectivity index (χ2n) is 2.26. The van der Waals surface area contributed by atoms with Gasteiger partial charge in [0.05, 0.1) is 3.79 Å². The van der Waals surface area contributed by atoms with Crippen LogP contribution in [0.15, 0.2) is 15.9 Å². The van der Waals surface area contributed by atoms with Crippen LogP contribution in [0.3, 0.4) is 0 Å². The average molecular weight is 252 g/mol. The van der Waals surface area contributed by atoms with Crippen molar-refractivity contribution in [2.75, 3.05) is 5.75 Å². The van der Waals surface area contributed by atoms with E-state index in [1.165, 1.54) is 4.88 Å². The van der Waals surface area contributed by atoms with Gasteiger partial charge in [-0.05, 0) is 40.2 Å². The molecular weight excluding hydrogens is 242 g/mol. The van der Waals surface area contributed by atoms with Crippen molar-refractivity contribution in [3.63, 3.8) is 0 Å². The average Bonchev–Trinajstić information content (AvgIpc) is 2.36. The third-order valence-electron chi connectivity index (χ3n) is 1.40. The van der Waals surface area contributed by atoms with Crippen molar-refractivity contribution in [1.82, 2.24) is 0 Å². The van der Waals surface area contributed by atoms with Gasteiger partial charge < -0.3 is 5.73 Å². The van der Waals surface area contributed by atoms with Crippen LogP contribution < -0.4 is 5.73 Å². The Labute approximate surface area is 84.5 Å². The van der Waals surface area contributed by atoms with Crippen molar-refractivity contribution in [1.29, 1.82) is 0 Å². The van der Waals surface area contributed by atoms with E-state index in [0.717, 1.165) is 16.0 Å². The highest BCUT2D eigenvalue weighted by molar-refractivity contribution is 9.11. The van der Waals surface area contributed by atoms with E-state index in [1.807, 2.05) is 6.07 Å². The molecule has 0 saturated carbocycles. The molecule has 4 heteroatoms. The van der Waals surface area contributed by atoms with Crippen LogP contribution in [0.5, 0.6) is 0 Å². The normalized spacial score (nSPS) is 13.4. The maximum atomic E-state index is 5.86. The fourth-order valence-electron chi connectivity index (χ4n) is 0.809. The lowest BCUT2D eigenvalue weighted by Gasteiger charge is -2.05. The smallest absolute Gasteiger partial charge is 0.0701 e. The van der Waals surface area contributed by atoms with E-state index in [2.05, 4.69) is 34.6 Å². The molecule has 11 heavy (non-hydrogen) atoms. The Hall–Kier alpha value is 0.490. The van der Waals surface area contributed by atoms with E-state index in [-0.39, 0.29) is 6.04 Å². The van der Waals surface area contributed by atoms with E-state index >= 15 is 0 Å². The fraction of sp³-hybridized carbons (Fsp3) is 0.429. The van der Waals surface area contributed by atoms with Crippen molar-refractivity contribution < 1.29 is 0 Å². The van der Waals surface area contributed by atoms with Crippen LogP contribution in [-0.2, 0) is 0 Å². The maximum absolute atomic E-state index is 5.86. The first-order chi connectivity index (χ1) is 5.24. The first-order valence-corrected chi connectivity index (χ1v) is 5.60. The molecule has 1 rings (SSSR count). The number of thiophene rings is 1. The Morgan fingerprint density at radius 2 is 2.36 bits per heavy atom. The highest BCUT2D eigenvalue weighted by Crippen LogP contribution is 2.27. The molecule has 0 radical (unpaired) electrons. The molecule has 1 atom stereocenters. The van der Waals surface area contributed by atoms with Crippen LogP contribution in [0.4, 0.5) is 0 Å². The quantitative estimate of drug-likeness (QED) is 0.795. The Bertz CT molecular complexity index is 224. The molecule has 0 saturated heterocycles. The van der Waals surface area contributed by atoms with Crippen molar-refractivity contribution in [2.24, 2.45) is 5.73 Å². The van der Waals surface area contributed by atoms with E-state index in [0.29, 0.717) is 0 Å². The zero-order valence-electron chi connectivity index (χ0n) is 5.96. The highest BCUT2D eigenvalue weighted by atomic mass is 79.9. The SMILES string of the molecule is NC(CCS)c1ccc(Br)s1. The zero-order valence-corrected chi connectivity index (χ0v) is 9.25. The zero-order chi connectivity index (χ0) is 8.27. The minimum absolute atomic E-state index is 0.156. The first kappa shape index (κ1) is 9.58. The summed E-state index contributed by atoms with van der Waals surface area (Å²) in [6.45, 7) is 0. The summed E-state index contributed by atoms with van der Waals surface area (Å²) in [6, 6.07) is 4.24. The minimum atomic E-state index is 0.156. The van der Waals surface area contributed by atoms with Gasteiger partial charge in [0.25, 0.3) is 0 Å². The molecule has 0 spiro atoms. The van der Waals surface area contributed by atoms with Crippen LogP contribution in [0.1, 0.15) is 17.3 Å². The second kappa shape index (κ2) is 4.50. The standard InChI is InChI=1S/C7H10BrNS2/c8-7-2-1-6(11-7)5(9)3-4-10/h1-2,5,10H,3-4,9H2. The van der Waals surface area contributed by atoms with Gasteiger partial charge in [-0.2, -0.15) is 12.6 Å².